The van der Waals surface area contributed by atoms with Crippen LogP contribution in [-0.4, -0.2) is 42.6 Å². The molecule has 2 aromatic heterocycles. The molecular formula is C12H12N6O3. The van der Waals surface area contributed by atoms with Crippen molar-refractivity contribution >= 4 is 18.0 Å². The molecule has 21 heavy (non-hydrogen) atoms. The van der Waals surface area contributed by atoms with Crippen molar-refractivity contribution in [3.63, 3.8) is 0 Å². The third-order valence-electron chi connectivity index (χ3n) is 2.56. The quantitative estimate of drug-likeness (QED) is 0.668. The normalized spacial score (nSPS) is 12.2. The number of carbonyl (C=O) groups excluding carboxylic acids is 1. The Morgan fingerprint density at radius 1 is 1.48 bits per heavy atom. The highest BCUT2D eigenvalue weighted by atomic mass is 16.4. The molecule has 2 rings (SSSR count). The minimum atomic E-state index is -1.11. The van der Waals surface area contributed by atoms with Crippen LogP contribution in [0.5, 0.6) is 0 Å². The van der Waals surface area contributed by atoms with Crippen LogP contribution in [0.25, 0.3) is 6.08 Å². The molecule has 3 N–H and O–H groups in total. The van der Waals surface area contributed by atoms with Gasteiger partial charge in [-0.1, -0.05) is 11.3 Å². The average molecular weight is 288 g/mol. The van der Waals surface area contributed by atoms with E-state index in [1.54, 1.807) is 19.1 Å². The van der Waals surface area contributed by atoms with Gasteiger partial charge in [0.1, 0.15) is 5.69 Å². The third kappa shape index (κ3) is 3.69. The number of hydrogen-bond donors (Lipinski definition) is 3. The van der Waals surface area contributed by atoms with Crippen molar-refractivity contribution in [3.05, 3.63) is 41.5 Å². The molecule has 0 aromatic carbocycles. The molecule has 2 heterocycles. The number of carboxylic acids is 1. The lowest BCUT2D eigenvalue weighted by molar-refractivity contribution is -0.131. The van der Waals surface area contributed by atoms with Crippen molar-refractivity contribution in [2.45, 2.75) is 13.0 Å². The predicted molar refractivity (Wildman–Crippen MR) is 71.0 cm³/mol. The number of hydrogen-bond acceptors (Lipinski definition) is 6. The van der Waals surface area contributed by atoms with E-state index in [1.165, 1.54) is 12.3 Å². The highest BCUT2D eigenvalue weighted by Gasteiger charge is 2.17. The van der Waals surface area contributed by atoms with Gasteiger partial charge < -0.3 is 10.4 Å². The van der Waals surface area contributed by atoms with Crippen LogP contribution in [0.2, 0.25) is 0 Å². The van der Waals surface area contributed by atoms with Gasteiger partial charge >= 0.3 is 5.97 Å². The van der Waals surface area contributed by atoms with E-state index in [0.717, 1.165) is 6.08 Å². The number of tetrazole rings is 1. The Bertz CT molecular complexity index is 667. The summed E-state index contributed by atoms with van der Waals surface area (Å²) in [6, 6.07) is 2.75. The lowest BCUT2D eigenvalue weighted by atomic mass is 10.1. The Balaban J connectivity index is 2.17. The maximum atomic E-state index is 12.2. The smallest absolute Gasteiger partial charge is 0.328 e. The minimum Gasteiger partial charge on any atom is -0.478 e. The summed E-state index contributed by atoms with van der Waals surface area (Å²) in [6.45, 7) is 1.69. The molecule has 0 saturated heterocycles. The zero-order valence-corrected chi connectivity index (χ0v) is 11.0. The molecule has 0 spiro atoms. The number of aromatic nitrogens is 5. The molecule has 9 nitrogen and oxygen atoms in total. The summed E-state index contributed by atoms with van der Waals surface area (Å²) in [4.78, 5) is 26.7. The predicted octanol–water partition coefficient (Wildman–Crippen LogP) is 0.183. The molecule has 1 atom stereocenters. The van der Waals surface area contributed by atoms with E-state index in [4.69, 9.17) is 5.11 Å². The second-order valence-electron chi connectivity index (χ2n) is 4.08. The topological polar surface area (TPSA) is 134 Å². The summed E-state index contributed by atoms with van der Waals surface area (Å²) in [5, 5.41) is 24.5. The summed E-state index contributed by atoms with van der Waals surface area (Å²) in [5.41, 5.74) is 0.517. The van der Waals surface area contributed by atoms with Crippen molar-refractivity contribution in [3.8, 4) is 0 Å². The maximum absolute atomic E-state index is 12.2. The fourth-order valence-electron chi connectivity index (χ4n) is 1.59. The van der Waals surface area contributed by atoms with Crippen LogP contribution in [0.3, 0.4) is 0 Å². The van der Waals surface area contributed by atoms with E-state index >= 15 is 0 Å². The van der Waals surface area contributed by atoms with Gasteiger partial charge in [0.05, 0.1) is 6.04 Å². The summed E-state index contributed by atoms with van der Waals surface area (Å²) < 4.78 is 0. The third-order valence-corrected chi connectivity index (χ3v) is 2.56. The van der Waals surface area contributed by atoms with E-state index < -0.39 is 17.9 Å². The second-order valence-corrected chi connectivity index (χ2v) is 4.08. The minimum absolute atomic E-state index is 0.116. The molecule has 1 unspecified atom stereocenters. The second kappa shape index (κ2) is 6.37. The number of aromatic amines is 1. The molecule has 0 fully saturated rings. The molecule has 108 valence electrons. The zero-order valence-electron chi connectivity index (χ0n) is 11.0. The first-order chi connectivity index (χ1) is 10.1. The standard InChI is InChI=1S/C12H12N6O3/c1-7(11-15-17-18-16-11)14-12(21)10-8(3-2-6-13-10)4-5-9(19)20/h2-7H,1H3,(H,14,21)(H,19,20)(H,15,16,17,18)/b5-4+. The highest BCUT2D eigenvalue weighted by Crippen LogP contribution is 2.10. The monoisotopic (exact) mass is 288 g/mol. The van der Waals surface area contributed by atoms with Crippen molar-refractivity contribution in [2.24, 2.45) is 0 Å². The zero-order chi connectivity index (χ0) is 15.2. The molecule has 0 saturated carbocycles. The number of carbonyl (C=O) groups is 2. The number of rotatable bonds is 5. The molecule has 0 aliphatic heterocycles. The van der Waals surface area contributed by atoms with Crippen LogP contribution >= 0.6 is 0 Å². The SMILES string of the molecule is CC(NC(=O)c1ncccc1/C=C/C(=O)O)c1nn[nH]n1. The van der Waals surface area contributed by atoms with Gasteiger partial charge in [0, 0.05) is 17.8 Å². The first-order valence-corrected chi connectivity index (χ1v) is 5.98. The summed E-state index contributed by atoms with van der Waals surface area (Å²) in [7, 11) is 0. The number of nitrogens with zero attached hydrogens (tertiary/aromatic N) is 4. The fraction of sp³-hybridized carbons (Fsp3) is 0.167. The van der Waals surface area contributed by atoms with E-state index in [0.29, 0.717) is 11.4 Å². The van der Waals surface area contributed by atoms with Crippen LogP contribution in [0.15, 0.2) is 24.4 Å². The average Bonchev–Trinajstić information content (AvgIpc) is 2.99. The number of H-pyrrole nitrogens is 1. The van der Waals surface area contributed by atoms with Crippen molar-refractivity contribution < 1.29 is 14.7 Å². The molecule has 0 radical (unpaired) electrons. The Morgan fingerprint density at radius 3 is 2.95 bits per heavy atom. The van der Waals surface area contributed by atoms with Gasteiger partial charge in [-0.15, -0.1) is 10.2 Å². The summed E-state index contributed by atoms with van der Waals surface area (Å²) in [5.74, 6) is -1.23. The van der Waals surface area contributed by atoms with Crippen LogP contribution in [0, 0.1) is 0 Å². The molecule has 2 aromatic rings. The largest absolute Gasteiger partial charge is 0.478 e. The Kier molecular flexibility index (Phi) is 4.34. The lowest BCUT2D eigenvalue weighted by Gasteiger charge is -2.10. The van der Waals surface area contributed by atoms with Gasteiger partial charge in [-0.05, 0) is 19.1 Å². The maximum Gasteiger partial charge on any atom is 0.328 e. The Morgan fingerprint density at radius 2 is 2.29 bits per heavy atom. The van der Waals surface area contributed by atoms with Crippen LogP contribution in [0.1, 0.15) is 34.8 Å². The van der Waals surface area contributed by atoms with E-state index in [2.05, 4.69) is 30.9 Å². The first-order valence-electron chi connectivity index (χ1n) is 5.98. The van der Waals surface area contributed by atoms with Crippen molar-refractivity contribution in [1.82, 2.24) is 30.9 Å². The van der Waals surface area contributed by atoms with E-state index in [-0.39, 0.29) is 5.69 Å². The number of aliphatic carboxylic acids is 1. The Hall–Kier alpha value is -3.10. The van der Waals surface area contributed by atoms with Gasteiger partial charge in [0.2, 0.25) is 0 Å². The lowest BCUT2D eigenvalue weighted by Crippen LogP contribution is -2.28. The first kappa shape index (κ1) is 14.3. The van der Waals surface area contributed by atoms with Crippen molar-refractivity contribution in [2.75, 3.05) is 0 Å². The van der Waals surface area contributed by atoms with Gasteiger partial charge in [-0.3, -0.25) is 9.78 Å². The highest BCUT2D eigenvalue weighted by molar-refractivity contribution is 5.97. The molecule has 0 aliphatic rings. The van der Waals surface area contributed by atoms with E-state index in [1.807, 2.05) is 0 Å². The van der Waals surface area contributed by atoms with Crippen molar-refractivity contribution in [1.29, 1.82) is 0 Å². The summed E-state index contributed by atoms with van der Waals surface area (Å²) >= 11 is 0. The molecular weight excluding hydrogens is 276 g/mol. The van der Waals surface area contributed by atoms with Crippen LogP contribution in [-0.2, 0) is 4.79 Å². The molecule has 0 aliphatic carbocycles. The number of pyridine rings is 1. The van der Waals surface area contributed by atoms with Gasteiger partial charge in [0.15, 0.2) is 5.82 Å². The fourth-order valence-corrected chi connectivity index (χ4v) is 1.59. The number of nitrogens with one attached hydrogen (secondary N) is 2. The number of amides is 1. The van der Waals surface area contributed by atoms with Crippen LogP contribution < -0.4 is 5.32 Å². The molecule has 0 bridgehead atoms. The molecule has 9 heteroatoms. The van der Waals surface area contributed by atoms with E-state index in [9.17, 15) is 9.59 Å². The van der Waals surface area contributed by atoms with Gasteiger partial charge in [-0.25, -0.2) is 4.79 Å². The van der Waals surface area contributed by atoms with Gasteiger partial charge in [-0.2, -0.15) is 5.21 Å². The molecule has 1 amide bonds. The number of carboxylic acid groups (broad SMARTS) is 1. The van der Waals surface area contributed by atoms with Gasteiger partial charge in [0.25, 0.3) is 5.91 Å². The Labute approximate surface area is 119 Å². The van der Waals surface area contributed by atoms with Crippen LogP contribution in [0.4, 0.5) is 0 Å². The summed E-state index contributed by atoms with van der Waals surface area (Å²) in [6.07, 6.45) is 3.70.